The highest BCUT2D eigenvalue weighted by Crippen LogP contribution is 2.31. The van der Waals surface area contributed by atoms with E-state index in [4.69, 9.17) is 5.11 Å². The van der Waals surface area contributed by atoms with E-state index < -0.39 is 17.7 Å². The van der Waals surface area contributed by atoms with Gasteiger partial charge in [0.25, 0.3) is 0 Å². The van der Waals surface area contributed by atoms with E-state index in [1.807, 2.05) is 4.90 Å². The van der Waals surface area contributed by atoms with Crippen LogP contribution in [0, 0.1) is 5.92 Å². The maximum absolute atomic E-state index is 12.8. The van der Waals surface area contributed by atoms with Gasteiger partial charge >= 0.3 is 12.1 Å². The van der Waals surface area contributed by atoms with Crippen LogP contribution in [-0.4, -0.2) is 34.1 Å². The minimum atomic E-state index is -4.42. The van der Waals surface area contributed by atoms with Crippen LogP contribution in [0.15, 0.2) is 36.5 Å². The molecule has 6 nitrogen and oxygen atoms in total. The Hall–Kier alpha value is -2.84. The molecule has 1 aromatic carbocycles. The van der Waals surface area contributed by atoms with E-state index >= 15 is 0 Å². The lowest BCUT2D eigenvalue weighted by Crippen LogP contribution is -2.36. The van der Waals surface area contributed by atoms with Crippen LogP contribution in [0.2, 0.25) is 0 Å². The molecule has 138 valence electrons. The number of aromatic nitrogens is 2. The SMILES string of the molecule is O=C(O)C1CCN(c2ccnc(Nc3cccc(C(F)(F)F)c3)n2)CC1. The zero-order valence-corrected chi connectivity index (χ0v) is 13.7. The quantitative estimate of drug-likeness (QED) is 0.862. The molecule has 2 aromatic rings. The second-order valence-corrected chi connectivity index (χ2v) is 6.04. The minimum absolute atomic E-state index is 0.183. The number of halogens is 3. The Bertz CT molecular complexity index is 790. The van der Waals surface area contributed by atoms with Crippen molar-refractivity contribution >= 4 is 23.4 Å². The number of rotatable bonds is 4. The molecular weight excluding hydrogens is 349 g/mol. The van der Waals surface area contributed by atoms with Gasteiger partial charge in [0.15, 0.2) is 0 Å². The van der Waals surface area contributed by atoms with Gasteiger partial charge in [0.05, 0.1) is 11.5 Å². The Labute approximate surface area is 147 Å². The summed E-state index contributed by atoms with van der Waals surface area (Å²) in [7, 11) is 0. The van der Waals surface area contributed by atoms with E-state index in [1.165, 1.54) is 18.3 Å². The third-order valence-electron chi connectivity index (χ3n) is 4.26. The van der Waals surface area contributed by atoms with E-state index in [9.17, 15) is 18.0 Å². The van der Waals surface area contributed by atoms with Crippen LogP contribution in [0.25, 0.3) is 0 Å². The molecule has 0 atom stereocenters. The topological polar surface area (TPSA) is 78.3 Å². The number of carbonyl (C=O) groups is 1. The number of aliphatic carboxylic acids is 1. The summed E-state index contributed by atoms with van der Waals surface area (Å²) < 4.78 is 38.4. The van der Waals surface area contributed by atoms with E-state index in [-0.39, 0.29) is 17.6 Å². The number of alkyl halides is 3. The smallest absolute Gasteiger partial charge is 0.416 e. The van der Waals surface area contributed by atoms with Crippen LogP contribution < -0.4 is 10.2 Å². The maximum atomic E-state index is 12.8. The van der Waals surface area contributed by atoms with Gasteiger partial charge in [-0.1, -0.05) is 6.07 Å². The van der Waals surface area contributed by atoms with Crippen LogP contribution in [-0.2, 0) is 11.0 Å². The number of carboxylic acid groups (broad SMARTS) is 1. The summed E-state index contributed by atoms with van der Waals surface area (Å²) in [5, 5.41) is 11.8. The number of hydrogen-bond acceptors (Lipinski definition) is 5. The predicted octanol–water partition coefficient (Wildman–Crippen LogP) is 3.54. The number of piperidine rings is 1. The van der Waals surface area contributed by atoms with Crippen molar-refractivity contribution in [1.82, 2.24) is 9.97 Å². The Morgan fingerprint density at radius 2 is 1.96 bits per heavy atom. The molecule has 0 unspecified atom stereocenters. The molecule has 3 rings (SSSR count). The average Bonchev–Trinajstić information content (AvgIpc) is 2.61. The molecule has 0 aliphatic carbocycles. The standard InChI is InChI=1S/C17H17F3N4O2/c18-17(19,20)12-2-1-3-13(10-12)22-16-21-7-4-14(23-16)24-8-5-11(6-9-24)15(25)26/h1-4,7,10-11H,5-6,8-9H2,(H,25,26)(H,21,22,23). The molecular formula is C17H17F3N4O2. The van der Waals surface area contributed by atoms with Crippen LogP contribution in [0.3, 0.4) is 0 Å². The van der Waals surface area contributed by atoms with Crippen LogP contribution in [0.1, 0.15) is 18.4 Å². The molecule has 1 fully saturated rings. The largest absolute Gasteiger partial charge is 0.481 e. The highest BCUT2D eigenvalue weighted by molar-refractivity contribution is 5.70. The monoisotopic (exact) mass is 366 g/mol. The van der Waals surface area contributed by atoms with E-state index in [0.29, 0.717) is 31.7 Å². The summed E-state index contributed by atoms with van der Waals surface area (Å²) in [6.07, 6.45) is -1.86. The summed E-state index contributed by atoms with van der Waals surface area (Å²) in [6.45, 7) is 1.11. The van der Waals surface area contributed by atoms with Crippen LogP contribution >= 0.6 is 0 Å². The summed E-state index contributed by atoms with van der Waals surface area (Å²) in [5.41, 5.74) is -0.518. The number of nitrogens with one attached hydrogen (secondary N) is 1. The fraction of sp³-hybridized carbons (Fsp3) is 0.353. The van der Waals surface area contributed by atoms with Gasteiger partial charge in [-0.05, 0) is 37.1 Å². The molecule has 2 N–H and O–H groups in total. The highest BCUT2D eigenvalue weighted by atomic mass is 19.4. The number of anilines is 3. The van der Waals surface area contributed by atoms with Gasteiger partial charge in [0.1, 0.15) is 5.82 Å². The van der Waals surface area contributed by atoms with Gasteiger partial charge in [-0.15, -0.1) is 0 Å². The molecule has 9 heteroatoms. The fourth-order valence-electron chi connectivity index (χ4n) is 2.84. The molecule has 1 aliphatic heterocycles. The van der Waals surface area contributed by atoms with Crippen molar-refractivity contribution < 1.29 is 23.1 Å². The van der Waals surface area contributed by atoms with Crippen molar-refractivity contribution in [1.29, 1.82) is 0 Å². The summed E-state index contributed by atoms with van der Waals surface area (Å²) in [4.78, 5) is 21.3. The molecule has 26 heavy (non-hydrogen) atoms. The second kappa shape index (κ2) is 7.19. The molecule has 1 aromatic heterocycles. The third kappa shape index (κ3) is 4.22. The van der Waals surface area contributed by atoms with Crippen molar-refractivity contribution in [3.63, 3.8) is 0 Å². The van der Waals surface area contributed by atoms with E-state index in [1.54, 1.807) is 6.07 Å². The Balaban J connectivity index is 1.71. The lowest BCUT2D eigenvalue weighted by atomic mass is 9.97. The summed E-state index contributed by atoms with van der Waals surface area (Å²) >= 11 is 0. The van der Waals surface area contributed by atoms with Crippen molar-refractivity contribution in [3.8, 4) is 0 Å². The first-order chi connectivity index (χ1) is 12.3. The van der Waals surface area contributed by atoms with Gasteiger partial charge < -0.3 is 15.3 Å². The first kappa shape index (κ1) is 18.0. The summed E-state index contributed by atoms with van der Waals surface area (Å²) in [6, 6.07) is 6.50. The number of hydrogen-bond donors (Lipinski definition) is 2. The molecule has 0 spiro atoms. The lowest BCUT2D eigenvalue weighted by molar-refractivity contribution is -0.142. The first-order valence-electron chi connectivity index (χ1n) is 8.08. The predicted molar refractivity (Wildman–Crippen MR) is 89.3 cm³/mol. The minimum Gasteiger partial charge on any atom is -0.481 e. The molecule has 0 saturated carbocycles. The van der Waals surface area contributed by atoms with Gasteiger partial charge in [-0.25, -0.2) is 4.98 Å². The fourth-order valence-corrected chi connectivity index (χ4v) is 2.84. The van der Waals surface area contributed by atoms with Crippen molar-refractivity contribution in [3.05, 3.63) is 42.1 Å². The maximum Gasteiger partial charge on any atom is 0.416 e. The van der Waals surface area contributed by atoms with Crippen molar-refractivity contribution in [2.45, 2.75) is 19.0 Å². The van der Waals surface area contributed by atoms with Crippen molar-refractivity contribution in [2.75, 3.05) is 23.3 Å². The lowest BCUT2D eigenvalue weighted by Gasteiger charge is -2.31. The third-order valence-corrected chi connectivity index (χ3v) is 4.26. The first-order valence-corrected chi connectivity index (χ1v) is 8.08. The van der Waals surface area contributed by atoms with Gasteiger partial charge in [-0.3, -0.25) is 4.79 Å². The summed E-state index contributed by atoms with van der Waals surface area (Å²) in [5.74, 6) is -0.351. The zero-order chi connectivity index (χ0) is 18.7. The molecule has 0 radical (unpaired) electrons. The Morgan fingerprint density at radius 3 is 2.62 bits per heavy atom. The number of benzene rings is 1. The second-order valence-electron chi connectivity index (χ2n) is 6.04. The van der Waals surface area contributed by atoms with Crippen molar-refractivity contribution in [2.24, 2.45) is 5.92 Å². The van der Waals surface area contributed by atoms with E-state index in [0.717, 1.165) is 12.1 Å². The Kier molecular flexibility index (Phi) is 4.97. The molecule has 0 amide bonds. The average molecular weight is 366 g/mol. The van der Waals surface area contributed by atoms with E-state index in [2.05, 4.69) is 15.3 Å². The zero-order valence-electron chi connectivity index (χ0n) is 13.7. The van der Waals surface area contributed by atoms with Gasteiger partial charge in [0, 0.05) is 25.0 Å². The van der Waals surface area contributed by atoms with Crippen LogP contribution in [0.4, 0.5) is 30.6 Å². The molecule has 2 heterocycles. The molecule has 1 saturated heterocycles. The van der Waals surface area contributed by atoms with Crippen LogP contribution in [0.5, 0.6) is 0 Å². The molecule has 1 aliphatic rings. The van der Waals surface area contributed by atoms with Gasteiger partial charge in [-0.2, -0.15) is 18.2 Å². The van der Waals surface area contributed by atoms with Gasteiger partial charge in [0.2, 0.25) is 5.95 Å². The number of nitrogens with zero attached hydrogens (tertiary/aromatic N) is 3. The number of carboxylic acids is 1. The molecule has 0 bridgehead atoms. The Morgan fingerprint density at radius 1 is 1.23 bits per heavy atom. The highest BCUT2D eigenvalue weighted by Gasteiger charge is 2.30. The normalized spacial score (nSPS) is 15.7.